The van der Waals surface area contributed by atoms with Crippen molar-refractivity contribution in [1.82, 2.24) is 10.3 Å². The fourth-order valence-electron chi connectivity index (χ4n) is 2.91. The highest BCUT2D eigenvalue weighted by Gasteiger charge is 2.23. The lowest BCUT2D eigenvalue weighted by molar-refractivity contribution is 0.410. The van der Waals surface area contributed by atoms with E-state index in [4.69, 9.17) is 0 Å². The molecule has 3 nitrogen and oxygen atoms in total. The molecule has 0 saturated carbocycles. The van der Waals surface area contributed by atoms with E-state index >= 15 is 0 Å². The van der Waals surface area contributed by atoms with Crippen LogP contribution in [0.5, 0.6) is 5.75 Å². The van der Waals surface area contributed by atoms with Gasteiger partial charge in [-0.1, -0.05) is 6.07 Å². The lowest BCUT2D eigenvalue weighted by Gasteiger charge is -2.28. The van der Waals surface area contributed by atoms with Crippen molar-refractivity contribution < 1.29 is 5.11 Å². The van der Waals surface area contributed by atoms with Gasteiger partial charge in [0.15, 0.2) is 0 Å². The summed E-state index contributed by atoms with van der Waals surface area (Å²) in [5.41, 5.74) is 2.60. The fourth-order valence-corrected chi connectivity index (χ4v) is 3.69. The van der Waals surface area contributed by atoms with Crippen molar-refractivity contribution in [2.45, 2.75) is 45.2 Å². The zero-order valence-corrected chi connectivity index (χ0v) is 12.7. The Kier molecular flexibility index (Phi) is 3.76. The number of rotatable bonds is 3. The van der Waals surface area contributed by atoms with Gasteiger partial charge in [0.05, 0.1) is 6.04 Å². The molecule has 1 aliphatic carbocycles. The Morgan fingerprint density at radius 3 is 3.05 bits per heavy atom. The van der Waals surface area contributed by atoms with E-state index < -0.39 is 0 Å². The van der Waals surface area contributed by atoms with Gasteiger partial charge in [0.1, 0.15) is 10.8 Å². The second-order valence-corrected chi connectivity index (χ2v) is 6.79. The van der Waals surface area contributed by atoms with E-state index in [9.17, 15) is 5.11 Å². The smallest absolute Gasteiger partial charge is 0.115 e. The molecule has 106 valence electrons. The molecule has 0 saturated heterocycles. The molecule has 3 rings (SSSR count). The Morgan fingerprint density at radius 2 is 2.30 bits per heavy atom. The first-order valence-corrected chi connectivity index (χ1v) is 7.95. The van der Waals surface area contributed by atoms with E-state index in [1.807, 2.05) is 12.3 Å². The van der Waals surface area contributed by atoms with Crippen LogP contribution in [0.2, 0.25) is 0 Å². The molecule has 1 aromatic heterocycles. The molecule has 1 aromatic carbocycles. The molecule has 2 unspecified atom stereocenters. The molecule has 2 atom stereocenters. The first kappa shape index (κ1) is 13.6. The summed E-state index contributed by atoms with van der Waals surface area (Å²) in [6.07, 6.45) is 5.35. The maximum Gasteiger partial charge on any atom is 0.115 e. The number of nitrogens with zero attached hydrogens (tertiary/aromatic N) is 1. The van der Waals surface area contributed by atoms with Crippen LogP contribution >= 0.6 is 11.3 Å². The molecule has 2 N–H and O–H groups in total. The quantitative estimate of drug-likeness (QED) is 0.900. The Labute approximate surface area is 123 Å². The Hall–Kier alpha value is -1.39. The normalized spacial score (nSPS) is 19.6. The van der Waals surface area contributed by atoms with E-state index in [0.717, 1.165) is 17.8 Å². The first-order chi connectivity index (χ1) is 9.63. The molecule has 0 aliphatic heterocycles. The molecular formula is C16H20N2OS. The van der Waals surface area contributed by atoms with E-state index in [-0.39, 0.29) is 6.04 Å². The molecule has 0 radical (unpaired) electrons. The third-order valence-corrected chi connectivity index (χ3v) is 5.00. The minimum absolute atomic E-state index is 0.243. The van der Waals surface area contributed by atoms with Crippen LogP contribution in [-0.4, -0.2) is 10.1 Å². The number of phenols is 1. The number of hydrogen-bond acceptors (Lipinski definition) is 4. The van der Waals surface area contributed by atoms with E-state index in [1.54, 1.807) is 17.4 Å². The van der Waals surface area contributed by atoms with Crippen LogP contribution in [0, 0.1) is 6.92 Å². The molecule has 4 heteroatoms. The van der Waals surface area contributed by atoms with Crippen molar-refractivity contribution in [1.29, 1.82) is 0 Å². The highest BCUT2D eigenvalue weighted by molar-refractivity contribution is 7.11. The topological polar surface area (TPSA) is 45.2 Å². The van der Waals surface area contributed by atoms with Crippen molar-refractivity contribution in [3.8, 4) is 5.75 Å². The predicted octanol–water partition coefficient (Wildman–Crippen LogP) is 3.89. The number of fused-ring (bicyclic) bond motifs is 1. The van der Waals surface area contributed by atoms with Crippen molar-refractivity contribution in [3.05, 3.63) is 45.4 Å². The van der Waals surface area contributed by atoms with Crippen molar-refractivity contribution in [2.75, 3.05) is 0 Å². The fraction of sp³-hybridized carbons (Fsp3) is 0.438. The van der Waals surface area contributed by atoms with E-state index in [0.29, 0.717) is 11.8 Å². The lowest BCUT2D eigenvalue weighted by Crippen LogP contribution is -2.27. The average Bonchev–Trinajstić information content (AvgIpc) is 2.86. The molecule has 20 heavy (non-hydrogen) atoms. The molecule has 0 bridgehead atoms. The van der Waals surface area contributed by atoms with Gasteiger partial charge in [0.25, 0.3) is 0 Å². The Bertz CT molecular complexity index is 608. The SMILES string of the molecule is Cc1cnc(C(C)NC2CCCc3ccc(O)cc32)s1. The van der Waals surface area contributed by atoms with Crippen LogP contribution in [0.1, 0.15) is 52.9 Å². The molecule has 0 spiro atoms. The van der Waals surface area contributed by atoms with Crippen molar-refractivity contribution in [3.63, 3.8) is 0 Å². The second kappa shape index (κ2) is 5.54. The number of phenolic OH excluding ortho intramolecular Hbond substituents is 1. The van der Waals surface area contributed by atoms with Crippen LogP contribution in [0.4, 0.5) is 0 Å². The second-order valence-electron chi connectivity index (χ2n) is 5.53. The van der Waals surface area contributed by atoms with Gasteiger partial charge in [0, 0.05) is 17.1 Å². The maximum atomic E-state index is 9.72. The summed E-state index contributed by atoms with van der Waals surface area (Å²) in [6, 6.07) is 6.30. The Morgan fingerprint density at radius 1 is 1.45 bits per heavy atom. The number of thiazole rings is 1. The number of aromatic hydroxyl groups is 1. The first-order valence-electron chi connectivity index (χ1n) is 7.13. The van der Waals surface area contributed by atoms with Gasteiger partial charge in [0.2, 0.25) is 0 Å². The lowest BCUT2D eigenvalue weighted by atomic mass is 9.87. The molecule has 0 amide bonds. The van der Waals surface area contributed by atoms with Crippen LogP contribution in [-0.2, 0) is 6.42 Å². The summed E-state index contributed by atoms with van der Waals surface area (Å²) in [4.78, 5) is 5.71. The summed E-state index contributed by atoms with van der Waals surface area (Å²) < 4.78 is 0. The monoisotopic (exact) mass is 288 g/mol. The standard InChI is InChI=1S/C16H20N2OS/c1-10-9-17-16(20-10)11(2)18-15-5-3-4-12-6-7-13(19)8-14(12)15/h6-9,11,15,18-19H,3-5H2,1-2H3. The van der Waals surface area contributed by atoms with Gasteiger partial charge in [-0.25, -0.2) is 4.98 Å². The van der Waals surface area contributed by atoms with Gasteiger partial charge in [-0.15, -0.1) is 11.3 Å². The molecular weight excluding hydrogens is 268 g/mol. The molecule has 1 aliphatic rings. The van der Waals surface area contributed by atoms with Crippen molar-refractivity contribution in [2.24, 2.45) is 0 Å². The minimum atomic E-state index is 0.243. The highest BCUT2D eigenvalue weighted by Crippen LogP contribution is 2.34. The largest absolute Gasteiger partial charge is 0.508 e. The number of benzene rings is 1. The molecule has 0 fully saturated rings. The third kappa shape index (κ3) is 2.72. The van der Waals surface area contributed by atoms with E-state index in [1.165, 1.54) is 22.4 Å². The zero-order valence-electron chi connectivity index (χ0n) is 11.9. The average molecular weight is 288 g/mol. The zero-order chi connectivity index (χ0) is 14.1. The highest BCUT2D eigenvalue weighted by atomic mass is 32.1. The molecule has 2 aromatic rings. The summed E-state index contributed by atoms with van der Waals surface area (Å²) in [5.74, 6) is 0.357. The Balaban J connectivity index is 1.80. The summed E-state index contributed by atoms with van der Waals surface area (Å²) in [7, 11) is 0. The van der Waals surface area contributed by atoms with Crippen molar-refractivity contribution >= 4 is 11.3 Å². The van der Waals surface area contributed by atoms with Crippen LogP contribution < -0.4 is 5.32 Å². The summed E-state index contributed by atoms with van der Waals surface area (Å²) in [5, 5.41) is 14.5. The maximum absolute atomic E-state index is 9.72. The van der Waals surface area contributed by atoms with Crippen LogP contribution in [0.15, 0.2) is 24.4 Å². The third-order valence-electron chi connectivity index (χ3n) is 3.90. The number of nitrogens with one attached hydrogen (secondary N) is 1. The molecule has 1 heterocycles. The number of aryl methyl sites for hydroxylation is 2. The van der Waals surface area contributed by atoms with Gasteiger partial charge >= 0.3 is 0 Å². The van der Waals surface area contributed by atoms with Gasteiger partial charge < -0.3 is 10.4 Å². The van der Waals surface area contributed by atoms with Crippen LogP contribution in [0.25, 0.3) is 0 Å². The van der Waals surface area contributed by atoms with Gasteiger partial charge in [-0.2, -0.15) is 0 Å². The van der Waals surface area contributed by atoms with Gasteiger partial charge in [-0.3, -0.25) is 0 Å². The number of aromatic nitrogens is 1. The summed E-state index contributed by atoms with van der Waals surface area (Å²) in [6.45, 7) is 4.25. The van der Waals surface area contributed by atoms with E-state index in [2.05, 4.69) is 30.2 Å². The van der Waals surface area contributed by atoms with Gasteiger partial charge in [-0.05, 0) is 56.4 Å². The minimum Gasteiger partial charge on any atom is -0.508 e. The van der Waals surface area contributed by atoms with Crippen LogP contribution in [0.3, 0.4) is 0 Å². The predicted molar refractivity (Wildman–Crippen MR) is 82.2 cm³/mol. The number of hydrogen-bond donors (Lipinski definition) is 2. The summed E-state index contributed by atoms with van der Waals surface area (Å²) >= 11 is 1.75.